The molecule has 156 valence electrons. The quantitative estimate of drug-likeness (QED) is 0.493. The Hall–Kier alpha value is -3.65. The largest absolute Gasteiger partial charge is 0.354 e. The first-order chi connectivity index (χ1) is 15.2. The van der Waals surface area contributed by atoms with Crippen LogP contribution in [-0.2, 0) is 6.54 Å². The van der Waals surface area contributed by atoms with E-state index in [0.29, 0.717) is 18.3 Å². The molecule has 0 radical (unpaired) electrons. The van der Waals surface area contributed by atoms with E-state index in [1.54, 1.807) is 6.20 Å². The summed E-state index contributed by atoms with van der Waals surface area (Å²) >= 11 is 0. The lowest BCUT2D eigenvalue weighted by atomic mass is 10.1. The second kappa shape index (κ2) is 8.61. The van der Waals surface area contributed by atoms with Crippen LogP contribution in [-0.4, -0.2) is 56.2 Å². The fourth-order valence-electron chi connectivity index (χ4n) is 3.71. The fraction of sp³-hybridized carbons (Fsp3) is 0.261. The van der Waals surface area contributed by atoms with Gasteiger partial charge in [-0.15, -0.1) is 0 Å². The molecule has 0 spiro atoms. The molecule has 0 bridgehead atoms. The summed E-state index contributed by atoms with van der Waals surface area (Å²) in [6.07, 6.45) is 3.61. The second-order valence-electron chi connectivity index (χ2n) is 7.53. The molecule has 1 aromatic carbocycles. The predicted octanol–water partition coefficient (Wildman–Crippen LogP) is 3.22. The number of rotatable bonds is 5. The first kappa shape index (κ1) is 19.3. The molecule has 0 amide bonds. The van der Waals surface area contributed by atoms with Gasteiger partial charge >= 0.3 is 0 Å². The van der Waals surface area contributed by atoms with Crippen molar-refractivity contribution < 1.29 is 4.52 Å². The molecule has 4 aromatic rings. The van der Waals surface area contributed by atoms with E-state index in [1.807, 2.05) is 55.6 Å². The Morgan fingerprint density at radius 2 is 1.65 bits per heavy atom. The van der Waals surface area contributed by atoms with Crippen LogP contribution in [0, 0.1) is 6.92 Å². The van der Waals surface area contributed by atoms with Gasteiger partial charge in [0, 0.05) is 49.7 Å². The Morgan fingerprint density at radius 1 is 0.839 bits per heavy atom. The minimum absolute atomic E-state index is 0.604. The monoisotopic (exact) mass is 413 g/mol. The molecule has 0 unspecified atom stereocenters. The van der Waals surface area contributed by atoms with Crippen molar-refractivity contribution in [2.75, 3.05) is 31.1 Å². The number of hydrogen-bond acceptors (Lipinski definition) is 8. The van der Waals surface area contributed by atoms with Crippen LogP contribution in [0.2, 0.25) is 0 Å². The van der Waals surface area contributed by atoms with E-state index in [0.717, 1.165) is 54.6 Å². The molecular formula is C23H23N7O. The molecular weight excluding hydrogens is 390 g/mol. The lowest BCUT2D eigenvalue weighted by Crippen LogP contribution is -2.46. The van der Waals surface area contributed by atoms with Crippen LogP contribution in [0.5, 0.6) is 0 Å². The molecule has 0 aliphatic carbocycles. The van der Waals surface area contributed by atoms with Gasteiger partial charge in [0.15, 0.2) is 0 Å². The van der Waals surface area contributed by atoms with Gasteiger partial charge in [0.25, 0.3) is 0 Å². The van der Waals surface area contributed by atoms with Crippen LogP contribution < -0.4 is 4.90 Å². The van der Waals surface area contributed by atoms with Crippen LogP contribution >= 0.6 is 0 Å². The summed E-state index contributed by atoms with van der Waals surface area (Å²) in [5.41, 5.74) is 2.85. The maximum Gasteiger partial charge on any atom is 0.241 e. The number of aromatic nitrogens is 5. The number of pyridine rings is 1. The highest BCUT2D eigenvalue weighted by Crippen LogP contribution is 2.22. The minimum Gasteiger partial charge on any atom is -0.354 e. The first-order valence-electron chi connectivity index (χ1n) is 10.4. The van der Waals surface area contributed by atoms with Gasteiger partial charge in [0.2, 0.25) is 11.7 Å². The van der Waals surface area contributed by atoms with Crippen LogP contribution in [0.1, 0.15) is 11.7 Å². The molecule has 5 rings (SSSR count). The van der Waals surface area contributed by atoms with Gasteiger partial charge in [0.05, 0.1) is 12.2 Å². The Bertz CT molecular complexity index is 1140. The standard InChI is InChI=1S/C23H23N7O/c1-17-24-11-9-20(26-17)18-5-7-19(8-6-18)23-27-22(31-28-23)16-29-12-14-30(15-13-29)21-4-2-3-10-25-21/h2-11H,12-16H2,1H3. The minimum atomic E-state index is 0.604. The average molecular weight is 413 g/mol. The van der Waals surface area contributed by atoms with E-state index in [2.05, 4.69) is 41.0 Å². The number of piperazine rings is 1. The molecule has 1 saturated heterocycles. The van der Waals surface area contributed by atoms with Crippen LogP contribution in [0.3, 0.4) is 0 Å². The zero-order chi connectivity index (χ0) is 21.0. The summed E-state index contributed by atoms with van der Waals surface area (Å²) in [7, 11) is 0. The number of aryl methyl sites for hydroxylation is 1. The lowest BCUT2D eigenvalue weighted by Gasteiger charge is -2.34. The van der Waals surface area contributed by atoms with E-state index in [4.69, 9.17) is 4.52 Å². The summed E-state index contributed by atoms with van der Waals surface area (Å²) in [5, 5.41) is 4.17. The van der Waals surface area contributed by atoms with Gasteiger partial charge in [-0.25, -0.2) is 15.0 Å². The molecule has 1 aliphatic heterocycles. The number of anilines is 1. The maximum absolute atomic E-state index is 5.51. The molecule has 0 saturated carbocycles. The van der Waals surface area contributed by atoms with Crippen molar-refractivity contribution in [2.24, 2.45) is 0 Å². The van der Waals surface area contributed by atoms with Crippen LogP contribution in [0.25, 0.3) is 22.6 Å². The first-order valence-corrected chi connectivity index (χ1v) is 10.4. The van der Waals surface area contributed by atoms with Crippen molar-refractivity contribution in [3.8, 4) is 22.6 Å². The Labute approximate surface area is 180 Å². The highest BCUT2D eigenvalue weighted by molar-refractivity contribution is 5.64. The molecule has 0 N–H and O–H groups in total. The number of nitrogens with zero attached hydrogens (tertiary/aromatic N) is 7. The third-order valence-electron chi connectivity index (χ3n) is 5.39. The topological polar surface area (TPSA) is 84.1 Å². The van der Waals surface area contributed by atoms with Gasteiger partial charge in [-0.1, -0.05) is 35.5 Å². The summed E-state index contributed by atoms with van der Waals surface area (Å²) in [6, 6.07) is 15.9. The van der Waals surface area contributed by atoms with Gasteiger partial charge in [-0.05, 0) is 25.1 Å². The third-order valence-corrected chi connectivity index (χ3v) is 5.39. The smallest absolute Gasteiger partial charge is 0.241 e. The molecule has 8 heteroatoms. The number of hydrogen-bond donors (Lipinski definition) is 0. The molecule has 1 aliphatic rings. The summed E-state index contributed by atoms with van der Waals surface area (Å²) in [4.78, 5) is 22.3. The van der Waals surface area contributed by atoms with E-state index in [1.165, 1.54) is 0 Å². The highest BCUT2D eigenvalue weighted by Gasteiger charge is 2.20. The van der Waals surface area contributed by atoms with Crippen molar-refractivity contribution in [3.63, 3.8) is 0 Å². The van der Waals surface area contributed by atoms with Crippen molar-refractivity contribution in [1.29, 1.82) is 0 Å². The predicted molar refractivity (Wildman–Crippen MR) is 117 cm³/mol. The van der Waals surface area contributed by atoms with Gasteiger partial charge in [-0.3, -0.25) is 4.90 Å². The fourth-order valence-corrected chi connectivity index (χ4v) is 3.71. The zero-order valence-corrected chi connectivity index (χ0v) is 17.3. The molecule has 31 heavy (non-hydrogen) atoms. The average Bonchev–Trinajstić information content (AvgIpc) is 3.29. The zero-order valence-electron chi connectivity index (χ0n) is 17.3. The molecule has 3 aromatic heterocycles. The van der Waals surface area contributed by atoms with E-state index < -0.39 is 0 Å². The third kappa shape index (κ3) is 4.44. The maximum atomic E-state index is 5.51. The lowest BCUT2D eigenvalue weighted by molar-refractivity contribution is 0.215. The van der Waals surface area contributed by atoms with Crippen molar-refractivity contribution >= 4 is 5.82 Å². The van der Waals surface area contributed by atoms with E-state index in [-0.39, 0.29) is 0 Å². The van der Waals surface area contributed by atoms with Crippen molar-refractivity contribution in [2.45, 2.75) is 13.5 Å². The second-order valence-corrected chi connectivity index (χ2v) is 7.53. The normalized spacial score (nSPS) is 14.7. The Morgan fingerprint density at radius 3 is 2.39 bits per heavy atom. The molecule has 8 nitrogen and oxygen atoms in total. The number of benzene rings is 1. The highest BCUT2D eigenvalue weighted by atomic mass is 16.5. The summed E-state index contributed by atoms with van der Waals surface area (Å²) < 4.78 is 5.51. The van der Waals surface area contributed by atoms with Crippen molar-refractivity contribution in [1.82, 2.24) is 30.0 Å². The van der Waals surface area contributed by atoms with Crippen LogP contribution in [0.15, 0.2) is 65.4 Å². The molecule has 0 atom stereocenters. The van der Waals surface area contributed by atoms with Gasteiger partial charge in [-0.2, -0.15) is 4.98 Å². The Balaban J connectivity index is 1.21. The molecule has 1 fully saturated rings. The van der Waals surface area contributed by atoms with E-state index in [9.17, 15) is 0 Å². The van der Waals surface area contributed by atoms with Crippen molar-refractivity contribution in [3.05, 3.63) is 72.6 Å². The van der Waals surface area contributed by atoms with E-state index >= 15 is 0 Å². The Kier molecular flexibility index (Phi) is 5.37. The summed E-state index contributed by atoms with van der Waals surface area (Å²) in [6.45, 7) is 6.27. The van der Waals surface area contributed by atoms with Gasteiger partial charge in [0.1, 0.15) is 11.6 Å². The van der Waals surface area contributed by atoms with Crippen LogP contribution in [0.4, 0.5) is 5.82 Å². The SMILES string of the molecule is Cc1nccc(-c2ccc(-c3noc(CN4CCN(c5ccccn5)CC4)n3)cc2)n1. The van der Waals surface area contributed by atoms with Gasteiger partial charge < -0.3 is 9.42 Å². The molecule has 4 heterocycles. The summed E-state index contributed by atoms with van der Waals surface area (Å²) in [5.74, 6) is 3.03.